The third kappa shape index (κ3) is 2.64. The molecule has 102 valence electrons. The number of nitrogens with one attached hydrogen (secondary N) is 2. The highest BCUT2D eigenvalue weighted by atomic mass is 15.4. The van der Waals surface area contributed by atoms with Gasteiger partial charge in [0.1, 0.15) is 11.7 Å². The van der Waals surface area contributed by atoms with Crippen molar-refractivity contribution in [3.05, 3.63) is 59.8 Å². The summed E-state index contributed by atoms with van der Waals surface area (Å²) < 4.78 is 0. The van der Waals surface area contributed by atoms with Crippen molar-refractivity contribution in [3.63, 3.8) is 0 Å². The Kier molecular flexibility index (Phi) is 3.14. The fourth-order valence-corrected chi connectivity index (χ4v) is 2.43. The topological polar surface area (TPSA) is 49.3 Å². The standard InChI is InChI=1S/C16H18N4/c1-16(2)11-12-7-3-4-8-13(12)15(18-16)20-19-14-9-5-6-10-17-14/h3-10H,11H2,1-2H3,(H,17,19)(H,18,20). The number of nitrogens with zero attached hydrogens (tertiary/aromatic N) is 2. The fourth-order valence-electron chi connectivity index (χ4n) is 2.43. The molecule has 0 spiro atoms. The van der Waals surface area contributed by atoms with E-state index < -0.39 is 0 Å². The van der Waals surface area contributed by atoms with Crippen molar-refractivity contribution in [2.24, 2.45) is 4.99 Å². The van der Waals surface area contributed by atoms with Crippen LogP contribution in [0.5, 0.6) is 0 Å². The number of hydrazine groups is 1. The molecule has 4 nitrogen and oxygen atoms in total. The molecule has 0 saturated heterocycles. The lowest BCUT2D eigenvalue weighted by molar-refractivity contribution is 0.510. The highest BCUT2D eigenvalue weighted by molar-refractivity contribution is 6.01. The third-order valence-electron chi connectivity index (χ3n) is 3.28. The molecule has 0 saturated carbocycles. The lowest BCUT2D eigenvalue weighted by Crippen LogP contribution is -2.38. The molecule has 2 aromatic rings. The van der Waals surface area contributed by atoms with E-state index in [1.807, 2.05) is 24.3 Å². The number of hydrogen-bond acceptors (Lipinski definition) is 4. The van der Waals surface area contributed by atoms with Gasteiger partial charge in [0.2, 0.25) is 0 Å². The van der Waals surface area contributed by atoms with Crippen molar-refractivity contribution in [3.8, 4) is 0 Å². The van der Waals surface area contributed by atoms with Crippen LogP contribution in [-0.4, -0.2) is 16.4 Å². The molecule has 2 N–H and O–H groups in total. The lowest BCUT2D eigenvalue weighted by atomic mass is 9.89. The lowest BCUT2D eigenvalue weighted by Gasteiger charge is -2.29. The van der Waals surface area contributed by atoms with Crippen LogP contribution in [0.3, 0.4) is 0 Å². The summed E-state index contributed by atoms with van der Waals surface area (Å²) in [6, 6.07) is 14.1. The first kappa shape index (κ1) is 12.7. The predicted octanol–water partition coefficient (Wildman–Crippen LogP) is 2.78. The van der Waals surface area contributed by atoms with E-state index in [1.54, 1.807) is 6.20 Å². The Balaban J connectivity index is 1.85. The maximum absolute atomic E-state index is 4.79. The van der Waals surface area contributed by atoms with Crippen molar-refractivity contribution >= 4 is 11.7 Å². The van der Waals surface area contributed by atoms with Gasteiger partial charge in [-0.05, 0) is 38.0 Å². The van der Waals surface area contributed by atoms with Crippen molar-refractivity contribution in [1.82, 2.24) is 10.4 Å². The number of fused-ring (bicyclic) bond motifs is 1. The number of benzene rings is 1. The normalized spacial score (nSPS) is 16.0. The van der Waals surface area contributed by atoms with E-state index in [0.29, 0.717) is 0 Å². The molecule has 1 aliphatic heterocycles. The van der Waals surface area contributed by atoms with Gasteiger partial charge in [0.05, 0.1) is 5.54 Å². The van der Waals surface area contributed by atoms with Gasteiger partial charge in [-0.2, -0.15) is 0 Å². The number of amidine groups is 1. The number of rotatable bonds is 2. The Morgan fingerprint density at radius 2 is 1.80 bits per heavy atom. The number of aromatic nitrogens is 1. The molecule has 1 aromatic carbocycles. The summed E-state index contributed by atoms with van der Waals surface area (Å²) >= 11 is 0. The Hall–Kier alpha value is -2.36. The quantitative estimate of drug-likeness (QED) is 0.822. The zero-order chi connectivity index (χ0) is 14.0. The second-order valence-electron chi connectivity index (χ2n) is 5.57. The molecule has 0 bridgehead atoms. The maximum atomic E-state index is 4.79. The minimum atomic E-state index is -0.0948. The average molecular weight is 266 g/mol. The Morgan fingerprint density at radius 1 is 1.00 bits per heavy atom. The molecular formula is C16H18N4. The van der Waals surface area contributed by atoms with Gasteiger partial charge in [-0.15, -0.1) is 0 Å². The highest BCUT2D eigenvalue weighted by Crippen LogP contribution is 2.25. The van der Waals surface area contributed by atoms with E-state index in [4.69, 9.17) is 4.99 Å². The smallest absolute Gasteiger partial charge is 0.147 e. The number of pyridine rings is 1. The van der Waals surface area contributed by atoms with Crippen molar-refractivity contribution in [2.75, 3.05) is 5.43 Å². The molecule has 1 aromatic heterocycles. The summed E-state index contributed by atoms with van der Waals surface area (Å²) in [4.78, 5) is 9.01. The average Bonchev–Trinajstić information content (AvgIpc) is 2.45. The van der Waals surface area contributed by atoms with Gasteiger partial charge in [-0.1, -0.05) is 30.3 Å². The van der Waals surface area contributed by atoms with E-state index in [2.05, 4.69) is 47.9 Å². The van der Waals surface area contributed by atoms with Crippen LogP contribution in [0.25, 0.3) is 0 Å². The molecule has 3 rings (SSSR count). The summed E-state index contributed by atoms with van der Waals surface area (Å²) in [5, 5.41) is 0. The SMILES string of the molecule is CC1(C)Cc2ccccc2C(NNc2ccccn2)=N1. The van der Waals surface area contributed by atoms with Crippen molar-refractivity contribution in [1.29, 1.82) is 0 Å². The Labute approximate surface area is 118 Å². The van der Waals surface area contributed by atoms with Crippen molar-refractivity contribution < 1.29 is 0 Å². The second kappa shape index (κ2) is 4.96. The van der Waals surface area contributed by atoms with Crippen molar-refractivity contribution in [2.45, 2.75) is 25.8 Å². The van der Waals surface area contributed by atoms with E-state index in [1.165, 1.54) is 5.56 Å². The maximum Gasteiger partial charge on any atom is 0.147 e. The van der Waals surface area contributed by atoms with Crippen LogP contribution in [0, 0.1) is 0 Å². The Bertz CT molecular complexity index is 632. The van der Waals surface area contributed by atoms with Gasteiger partial charge >= 0.3 is 0 Å². The Morgan fingerprint density at radius 3 is 2.60 bits per heavy atom. The van der Waals surface area contributed by atoms with Crippen LogP contribution >= 0.6 is 0 Å². The largest absolute Gasteiger partial charge is 0.283 e. The van der Waals surface area contributed by atoms with Gasteiger partial charge in [0.15, 0.2) is 0 Å². The molecule has 2 heterocycles. The van der Waals surface area contributed by atoms with Crippen LogP contribution < -0.4 is 10.9 Å². The molecule has 0 atom stereocenters. The van der Waals surface area contributed by atoms with Gasteiger partial charge in [-0.25, -0.2) is 4.98 Å². The second-order valence-corrected chi connectivity index (χ2v) is 5.57. The molecular weight excluding hydrogens is 248 g/mol. The zero-order valence-corrected chi connectivity index (χ0v) is 11.7. The van der Waals surface area contributed by atoms with Crippen LogP contribution in [0.1, 0.15) is 25.0 Å². The molecule has 0 amide bonds. The molecule has 4 heteroatoms. The number of aliphatic imine (C=N–C) groups is 1. The molecule has 0 radical (unpaired) electrons. The molecule has 20 heavy (non-hydrogen) atoms. The van der Waals surface area contributed by atoms with Crippen LogP contribution in [0.15, 0.2) is 53.7 Å². The number of anilines is 1. The van der Waals surface area contributed by atoms with E-state index in [-0.39, 0.29) is 5.54 Å². The van der Waals surface area contributed by atoms with Gasteiger partial charge in [0, 0.05) is 11.8 Å². The van der Waals surface area contributed by atoms with Gasteiger partial charge < -0.3 is 0 Å². The highest BCUT2D eigenvalue weighted by Gasteiger charge is 2.26. The monoisotopic (exact) mass is 266 g/mol. The van der Waals surface area contributed by atoms with Crippen LogP contribution in [-0.2, 0) is 6.42 Å². The minimum absolute atomic E-state index is 0.0948. The molecule has 0 aliphatic carbocycles. The first-order valence-electron chi connectivity index (χ1n) is 6.75. The summed E-state index contributed by atoms with van der Waals surface area (Å²) in [6.45, 7) is 4.29. The summed E-state index contributed by atoms with van der Waals surface area (Å²) in [5.41, 5.74) is 8.66. The molecule has 0 unspecified atom stereocenters. The summed E-state index contributed by atoms with van der Waals surface area (Å²) in [7, 11) is 0. The zero-order valence-electron chi connectivity index (χ0n) is 11.7. The minimum Gasteiger partial charge on any atom is -0.283 e. The first-order valence-corrected chi connectivity index (χ1v) is 6.75. The predicted molar refractivity (Wildman–Crippen MR) is 81.8 cm³/mol. The summed E-state index contributed by atoms with van der Waals surface area (Å²) in [6.07, 6.45) is 2.71. The fraction of sp³-hybridized carbons (Fsp3) is 0.250. The third-order valence-corrected chi connectivity index (χ3v) is 3.28. The molecule has 1 aliphatic rings. The van der Waals surface area contributed by atoms with Crippen LogP contribution in [0.2, 0.25) is 0 Å². The number of hydrogen-bond donors (Lipinski definition) is 2. The first-order chi connectivity index (χ1) is 9.64. The van der Waals surface area contributed by atoms with Crippen LogP contribution in [0.4, 0.5) is 5.82 Å². The van der Waals surface area contributed by atoms with Gasteiger partial charge in [-0.3, -0.25) is 15.8 Å². The summed E-state index contributed by atoms with van der Waals surface area (Å²) in [5.74, 6) is 1.64. The molecule has 0 fully saturated rings. The van der Waals surface area contributed by atoms with E-state index >= 15 is 0 Å². The van der Waals surface area contributed by atoms with E-state index in [9.17, 15) is 0 Å². The van der Waals surface area contributed by atoms with E-state index in [0.717, 1.165) is 23.6 Å². The van der Waals surface area contributed by atoms with Gasteiger partial charge in [0.25, 0.3) is 0 Å².